The zero-order chi connectivity index (χ0) is 18.4. The van der Waals surface area contributed by atoms with E-state index in [0.717, 1.165) is 11.3 Å². The van der Waals surface area contributed by atoms with Gasteiger partial charge in [0.1, 0.15) is 0 Å². The van der Waals surface area contributed by atoms with Crippen LogP contribution in [0.25, 0.3) is 11.3 Å². The van der Waals surface area contributed by atoms with Crippen LogP contribution in [0, 0.1) is 28.7 Å². The van der Waals surface area contributed by atoms with Crippen LogP contribution in [0.1, 0.15) is 55.4 Å². The molecule has 0 aliphatic heterocycles. The zero-order valence-electron chi connectivity index (χ0n) is 16.9. The summed E-state index contributed by atoms with van der Waals surface area (Å²) in [7, 11) is 0. The van der Waals surface area contributed by atoms with Crippen molar-refractivity contribution in [3.8, 4) is 11.3 Å². The Morgan fingerprint density at radius 1 is 0.800 bits per heavy atom. The molecule has 0 amide bonds. The summed E-state index contributed by atoms with van der Waals surface area (Å²) in [5.41, 5.74) is 2.61. The maximum atomic E-state index is 4.22. The molecular weight excluding hydrogens is 485 g/mol. The van der Waals surface area contributed by atoms with E-state index in [1.165, 1.54) is 11.8 Å². The van der Waals surface area contributed by atoms with E-state index in [0.29, 0.717) is 10.8 Å². The second-order valence-corrected chi connectivity index (χ2v) is 7.74. The van der Waals surface area contributed by atoms with Crippen molar-refractivity contribution in [2.24, 2.45) is 10.8 Å². The van der Waals surface area contributed by atoms with E-state index in [1.807, 2.05) is 42.5 Å². The van der Waals surface area contributed by atoms with Gasteiger partial charge >= 0.3 is 0 Å². The number of benzene rings is 1. The Hall–Kier alpha value is -0.942. The molecule has 0 aliphatic carbocycles. The van der Waals surface area contributed by atoms with E-state index in [4.69, 9.17) is 0 Å². The number of hydrogen-bond acceptors (Lipinski definition) is 1. The first kappa shape index (κ1) is 24.1. The van der Waals surface area contributed by atoms with Crippen LogP contribution in [0.2, 0.25) is 0 Å². The number of nitrogens with zero attached hydrogens (tertiary/aromatic N) is 1. The van der Waals surface area contributed by atoms with Gasteiger partial charge < -0.3 is 16.8 Å². The van der Waals surface area contributed by atoms with Gasteiger partial charge in [0, 0.05) is 27.3 Å². The van der Waals surface area contributed by atoms with Crippen LogP contribution in [0.4, 0.5) is 0 Å². The molecule has 0 N–H and O–H groups in total. The van der Waals surface area contributed by atoms with E-state index < -0.39 is 0 Å². The smallest absolute Gasteiger partial charge is 0.0160 e. The average Bonchev–Trinajstić information content (AvgIpc) is 2.56. The Balaban J connectivity index is 0.000000443. The number of hydrogen-bond donors (Lipinski definition) is 0. The van der Waals surface area contributed by atoms with Crippen molar-refractivity contribution < 1.29 is 21.1 Å². The predicted molar refractivity (Wildman–Crippen MR) is 105 cm³/mol. The molecule has 0 unspecified atom stereocenters. The molecule has 1 heterocycles. The van der Waals surface area contributed by atoms with Crippen LogP contribution in [0.5, 0.6) is 0 Å². The van der Waals surface area contributed by atoms with Crippen LogP contribution in [0.15, 0.2) is 48.7 Å². The van der Waals surface area contributed by atoms with Crippen LogP contribution < -0.4 is 0 Å². The van der Waals surface area contributed by atoms with Gasteiger partial charge in [0.05, 0.1) is 0 Å². The van der Waals surface area contributed by atoms with Crippen molar-refractivity contribution >= 4 is 0 Å². The molecule has 1 nitrogen and oxygen atoms in total. The molecule has 1 aromatic carbocycles. The van der Waals surface area contributed by atoms with E-state index >= 15 is 0 Å². The number of aromatic nitrogens is 1. The van der Waals surface area contributed by atoms with E-state index in [-0.39, 0.29) is 21.1 Å². The van der Waals surface area contributed by atoms with E-state index in [9.17, 15) is 0 Å². The van der Waals surface area contributed by atoms with Crippen molar-refractivity contribution in [1.82, 2.24) is 4.98 Å². The van der Waals surface area contributed by atoms with Gasteiger partial charge in [-0.1, -0.05) is 39.8 Å². The SMILES string of the molecule is C[C-](C)C(C)(C)C(C)(C)[C-](C)C.[Pt].[c-]1ccccc1-c1ccccn1. The molecule has 2 rings (SSSR count). The summed E-state index contributed by atoms with van der Waals surface area (Å²) in [5.74, 6) is 3.02. The monoisotopic (exact) mass is 517 g/mol. The van der Waals surface area contributed by atoms with Gasteiger partial charge in [-0.25, -0.2) is 0 Å². The summed E-state index contributed by atoms with van der Waals surface area (Å²) in [4.78, 5) is 4.22. The molecule has 0 saturated heterocycles. The topological polar surface area (TPSA) is 12.9 Å². The summed E-state index contributed by atoms with van der Waals surface area (Å²) in [6.07, 6.45) is 1.79. The summed E-state index contributed by atoms with van der Waals surface area (Å²) in [6, 6.07) is 16.8. The van der Waals surface area contributed by atoms with Crippen LogP contribution in [-0.4, -0.2) is 4.98 Å². The minimum absolute atomic E-state index is 0. The maximum Gasteiger partial charge on any atom is 0.0160 e. The van der Waals surface area contributed by atoms with Crippen LogP contribution in [0.3, 0.4) is 0 Å². The quantitative estimate of drug-likeness (QED) is 0.406. The standard InChI is InChI=1S/C12H24.C11H8N.Pt/c1-9(2)11(5,6)12(7,8)10(3)4;1-2-6-10(7-3-1)11-8-4-5-9-12-11;/h1-8H3;1-6,8-9H;/q-2;-1;. The van der Waals surface area contributed by atoms with Crippen molar-refractivity contribution in [3.63, 3.8) is 0 Å². The van der Waals surface area contributed by atoms with Gasteiger partial charge in [0.15, 0.2) is 0 Å². The number of rotatable bonds is 4. The first-order valence-corrected chi connectivity index (χ1v) is 8.60. The molecule has 2 aromatic rings. The first-order chi connectivity index (χ1) is 11.1. The Morgan fingerprint density at radius 2 is 1.32 bits per heavy atom. The fourth-order valence-corrected chi connectivity index (χ4v) is 2.32. The molecule has 0 atom stereocenters. The molecule has 2 heteroatoms. The summed E-state index contributed by atoms with van der Waals surface area (Å²) < 4.78 is 0. The minimum atomic E-state index is 0. The Bertz CT molecular complexity index is 531. The Labute approximate surface area is 169 Å². The van der Waals surface area contributed by atoms with Crippen molar-refractivity contribution in [3.05, 3.63) is 66.6 Å². The zero-order valence-corrected chi connectivity index (χ0v) is 19.2. The molecule has 0 fully saturated rings. The third-order valence-electron chi connectivity index (χ3n) is 5.71. The minimum Gasteiger partial charge on any atom is -0.316 e. The second-order valence-electron chi connectivity index (χ2n) is 7.74. The summed E-state index contributed by atoms with van der Waals surface area (Å²) in [5, 5.41) is 0. The number of pyridine rings is 1. The third-order valence-corrected chi connectivity index (χ3v) is 5.71. The fourth-order valence-electron chi connectivity index (χ4n) is 2.32. The molecule has 1 aromatic heterocycles. The van der Waals surface area contributed by atoms with Crippen LogP contribution >= 0.6 is 0 Å². The van der Waals surface area contributed by atoms with Crippen molar-refractivity contribution in [1.29, 1.82) is 0 Å². The van der Waals surface area contributed by atoms with Gasteiger partial charge in [0.25, 0.3) is 0 Å². The van der Waals surface area contributed by atoms with Gasteiger partial charge in [0.2, 0.25) is 0 Å². The molecule has 0 saturated carbocycles. The van der Waals surface area contributed by atoms with Crippen LogP contribution in [-0.2, 0) is 21.1 Å². The van der Waals surface area contributed by atoms with E-state index in [1.54, 1.807) is 6.20 Å². The van der Waals surface area contributed by atoms with Crippen molar-refractivity contribution in [2.45, 2.75) is 55.4 Å². The predicted octanol–water partition coefficient (Wildman–Crippen LogP) is 6.81. The largest absolute Gasteiger partial charge is 0.316 e. The molecule has 0 bridgehead atoms. The normalized spacial score (nSPS) is 11.6. The summed E-state index contributed by atoms with van der Waals surface area (Å²) >= 11 is 0. The third kappa shape index (κ3) is 6.37. The van der Waals surface area contributed by atoms with Crippen molar-refractivity contribution in [2.75, 3.05) is 0 Å². The van der Waals surface area contributed by atoms with Gasteiger partial charge in [-0.05, 0) is 11.8 Å². The Morgan fingerprint density at radius 3 is 1.68 bits per heavy atom. The molecule has 0 spiro atoms. The van der Waals surface area contributed by atoms with E-state index in [2.05, 4.69) is 66.4 Å². The van der Waals surface area contributed by atoms with Gasteiger partial charge in [-0.3, -0.25) is 0 Å². The first-order valence-electron chi connectivity index (χ1n) is 8.60. The fraction of sp³-hybridized carbons (Fsp3) is 0.435. The van der Waals surface area contributed by atoms with Gasteiger partial charge in [-0.2, -0.15) is 38.5 Å². The molecule has 0 aliphatic rings. The molecule has 25 heavy (non-hydrogen) atoms. The van der Waals surface area contributed by atoms with Gasteiger partial charge in [-0.15, -0.1) is 35.9 Å². The Kier molecular flexibility index (Phi) is 9.88. The maximum absolute atomic E-state index is 4.22. The summed E-state index contributed by atoms with van der Waals surface area (Å²) in [6.45, 7) is 18.2. The average molecular weight is 518 g/mol. The molecule has 0 radical (unpaired) electrons. The second kappa shape index (κ2) is 10.3. The molecule has 142 valence electrons. The molecular formula is C23H32NPt-3.